The van der Waals surface area contributed by atoms with Gasteiger partial charge in [-0.15, -0.1) is 11.6 Å². The van der Waals surface area contributed by atoms with Crippen molar-refractivity contribution in [2.24, 2.45) is 0 Å². The van der Waals surface area contributed by atoms with Crippen molar-refractivity contribution in [3.8, 4) is 0 Å². The van der Waals surface area contributed by atoms with Gasteiger partial charge in [-0.2, -0.15) is 0 Å². The molecular formula is C7H7Cl2N. The Morgan fingerprint density at radius 3 is 2.70 bits per heavy atom. The summed E-state index contributed by atoms with van der Waals surface area (Å²) in [7, 11) is 0. The number of alkyl halides is 1. The van der Waals surface area contributed by atoms with Crippen molar-refractivity contribution in [1.29, 1.82) is 0 Å². The lowest BCUT2D eigenvalue weighted by Gasteiger charge is -1.97. The zero-order valence-electron chi connectivity index (χ0n) is 5.56. The molecule has 0 aromatic carbocycles. The van der Waals surface area contributed by atoms with Crippen LogP contribution in [0.1, 0.15) is 11.3 Å². The highest BCUT2D eigenvalue weighted by atomic mass is 35.5. The maximum Gasteiger partial charge on any atom is 0.132 e. The lowest BCUT2D eigenvalue weighted by molar-refractivity contribution is 1.15. The van der Waals surface area contributed by atoms with E-state index in [1.807, 2.05) is 19.1 Å². The molecular weight excluding hydrogens is 169 g/mol. The Labute approximate surface area is 70.0 Å². The molecule has 0 saturated carbocycles. The van der Waals surface area contributed by atoms with E-state index < -0.39 is 0 Å². The van der Waals surface area contributed by atoms with E-state index in [0.29, 0.717) is 11.0 Å². The summed E-state index contributed by atoms with van der Waals surface area (Å²) in [4.78, 5) is 4.02. The van der Waals surface area contributed by atoms with Gasteiger partial charge in [0.2, 0.25) is 0 Å². The van der Waals surface area contributed by atoms with Crippen molar-refractivity contribution in [2.45, 2.75) is 12.8 Å². The van der Waals surface area contributed by atoms with Crippen LogP contribution in [0.4, 0.5) is 0 Å². The van der Waals surface area contributed by atoms with E-state index in [0.717, 1.165) is 11.3 Å². The monoisotopic (exact) mass is 175 g/mol. The van der Waals surface area contributed by atoms with Gasteiger partial charge in [0.25, 0.3) is 0 Å². The molecule has 0 aliphatic carbocycles. The largest absolute Gasteiger partial charge is 0.240 e. The Morgan fingerprint density at radius 1 is 1.50 bits per heavy atom. The quantitative estimate of drug-likeness (QED) is 0.473. The van der Waals surface area contributed by atoms with Gasteiger partial charge in [0.05, 0.1) is 11.6 Å². The van der Waals surface area contributed by atoms with E-state index in [-0.39, 0.29) is 0 Å². The number of nitrogens with zero attached hydrogens (tertiary/aromatic N) is 1. The number of aryl methyl sites for hydroxylation is 1. The van der Waals surface area contributed by atoms with Gasteiger partial charge < -0.3 is 0 Å². The molecule has 0 spiro atoms. The van der Waals surface area contributed by atoms with E-state index in [2.05, 4.69) is 4.98 Å². The second-order valence-corrected chi connectivity index (χ2v) is 2.67. The van der Waals surface area contributed by atoms with Crippen LogP contribution in [0.15, 0.2) is 12.1 Å². The third-order valence-electron chi connectivity index (χ3n) is 1.23. The maximum absolute atomic E-state index is 5.72. The van der Waals surface area contributed by atoms with E-state index in [1.165, 1.54) is 0 Å². The number of hydrogen-bond acceptors (Lipinski definition) is 1. The minimum atomic E-state index is 0.417. The lowest BCUT2D eigenvalue weighted by atomic mass is 10.3. The van der Waals surface area contributed by atoms with E-state index in [1.54, 1.807) is 0 Å². The lowest BCUT2D eigenvalue weighted by Crippen LogP contribution is -1.86. The van der Waals surface area contributed by atoms with E-state index >= 15 is 0 Å². The zero-order chi connectivity index (χ0) is 7.56. The first-order valence-electron chi connectivity index (χ1n) is 2.92. The normalized spacial score (nSPS) is 9.90. The molecule has 54 valence electrons. The van der Waals surface area contributed by atoms with Crippen LogP contribution in [0, 0.1) is 6.92 Å². The van der Waals surface area contributed by atoms with Crippen LogP contribution in [0.25, 0.3) is 0 Å². The molecule has 0 radical (unpaired) electrons. The Balaban J connectivity index is 3.04. The van der Waals surface area contributed by atoms with Crippen LogP contribution in [0.5, 0.6) is 0 Å². The van der Waals surface area contributed by atoms with Gasteiger partial charge in [-0.05, 0) is 18.6 Å². The second-order valence-electron chi connectivity index (χ2n) is 2.04. The Kier molecular flexibility index (Phi) is 2.52. The topological polar surface area (TPSA) is 12.9 Å². The van der Waals surface area contributed by atoms with E-state index in [9.17, 15) is 0 Å². The van der Waals surface area contributed by atoms with Crippen LogP contribution in [-0.2, 0) is 5.88 Å². The fourth-order valence-corrected chi connectivity index (χ4v) is 0.936. The number of rotatable bonds is 1. The molecule has 1 aromatic heterocycles. The van der Waals surface area contributed by atoms with Gasteiger partial charge in [0.15, 0.2) is 0 Å². The van der Waals surface area contributed by atoms with Crippen LogP contribution < -0.4 is 0 Å². The highest BCUT2D eigenvalue weighted by Gasteiger charge is 1.96. The van der Waals surface area contributed by atoms with Crippen molar-refractivity contribution in [1.82, 2.24) is 4.98 Å². The summed E-state index contributed by atoms with van der Waals surface area (Å²) in [5.41, 5.74) is 1.80. The minimum absolute atomic E-state index is 0.417. The smallest absolute Gasteiger partial charge is 0.132 e. The van der Waals surface area contributed by atoms with Crippen LogP contribution in [0.3, 0.4) is 0 Å². The molecule has 1 aromatic rings. The fourth-order valence-electron chi connectivity index (χ4n) is 0.616. The molecule has 0 amide bonds. The predicted octanol–water partition coefficient (Wildman–Crippen LogP) is 2.78. The Bertz CT molecular complexity index is 235. The molecule has 0 atom stereocenters. The third-order valence-corrected chi connectivity index (χ3v) is 1.89. The fraction of sp³-hybridized carbons (Fsp3) is 0.286. The van der Waals surface area contributed by atoms with Gasteiger partial charge >= 0.3 is 0 Å². The summed E-state index contributed by atoms with van der Waals surface area (Å²) in [5, 5.41) is 0.540. The first kappa shape index (κ1) is 7.83. The second kappa shape index (κ2) is 3.22. The molecule has 1 heterocycles. The predicted molar refractivity (Wildman–Crippen MR) is 43.5 cm³/mol. The van der Waals surface area contributed by atoms with Crippen molar-refractivity contribution >= 4 is 23.2 Å². The maximum atomic E-state index is 5.72. The summed E-state index contributed by atoms with van der Waals surface area (Å²) in [6, 6.07) is 3.78. The SMILES string of the molecule is Cc1ccc(CCl)nc1Cl. The first-order chi connectivity index (χ1) is 4.74. The highest BCUT2D eigenvalue weighted by molar-refractivity contribution is 6.30. The number of halogens is 2. The molecule has 1 rings (SSSR count). The van der Waals surface area contributed by atoms with Crippen molar-refractivity contribution in [2.75, 3.05) is 0 Å². The minimum Gasteiger partial charge on any atom is -0.240 e. The van der Waals surface area contributed by atoms with Crippen molar-refractivity contribution < 1.29 is 0 Å². The number of pyridine rings is 1. The highest BCUT2D eigenvalue weighted by Crippen LogP contribution is 2.12. The molecule has 0 aliphatic rings. The zero-order valence-corrected chi connectivity index (χ0v) is 7.08. The van der Waals surface area contributed by atoms with Crippen molar-refractivity contribution in [3.63, 3.8) is 0 Å². The third kappa shape index (κ3) is 1.61. The van der Waals surface area contributed by atoms with Crippen molar-refractivity contribution in [3.05, 3.63) is 28.5 Å². The van der Waals surface area contributed by atoms with Crippen LogP contribution in [0.2, 0.25) is 5.15 Å². The van der Waals surface area contributed by atoms with Gasteiger partial charge in [-0.3, -0.25) is 0 Å². The standard InChI is InChI=1S/C7H7Cl2N/c1-5-2-3-6(4-8)10-7(5)9/h2-3H,4H2,1H3. The molecule has 0 bridgehead atoms. The molecule has 0 N–H and O–H groups in total. The average Bonchev–Trinajstić information content (AvgIpc) is 1.95. The summed E-state index contributed by atoms with van der Waals surface area (Å²) >= 11 is 11.3. The van der Waals surface area contributed by atoms with Gasteiger partial charge in [-0.1, -0.05) is 17.7 Å². The van der Waals surface area contributed by atoms with E-state index in [4.69, 9.17) is 23.2 Å². The molecule has 0 aliphatic heterocycles. The molecule has 0 saturated heterocycles. The first-order valence-corrected chi connectivity index (χ1v) is 3.83. The summed E-state index contributed by atoms with van der Waals surface area (Å²) in [6.07, 6.45) is 0. The molecule has 0 unspecified atom stereocenters. The Hall–Kier alpha value is -0.270. The summed E-state index contributed by atoms with van der Waals surface area (Å²) in [6.45, 7) is 1.91. The average molecular weight is 176 g/mol. The number of hydrogen-bond donors (Lipinski definition) is 0. The Morgan fingerprint density at radius 2 is 2.20 bits per heavy atom. The summed E-state index contributed by atoms with van der Waals surface area (Å²) in [5.74, 6) is 0.417. The number of aromatic nitrogens is 1. The van der Waals surface area contributed by atoms with Gasteiger partial charge in [0, 0.05) is 0 Å². The molecule has 1 nitrogen and oxygen atoms in total. The molecule has 0 fully saturated rings. The summed E-state index contributed by atoms with van der Waals surface area (Å²) < 4.78 is 0. The molecule has 3 heteroatoms. The molecule has 10 heavy (non-hydrogen) atoms. The van der Waals surface area contributed by atoms with Crippen LogP contribution >= 0.6 is 23.2 Å². The van der Waals surface area contributed by atoms with Gasteiger partial charge in [0.1, 0.15) is 5.15 Å². The van der Waals surface area contributed by atoms with Crippen LogP contribution in [-0.4, -0.2) is 4.98 Å². The van der Waals surface area contributed by atoms with Gasteiger partial charge in [-0.25, -0.2) is 4.98 Å².